The van der Waals surface area contributed by atoms with Gasteiger partial charge in [-0.1, -0.05) is 42.5 Å². The number of hydrogen-bond donors (Lipinski definition) is 2. The number of hydrogen-bond acceptors (Lipinski definition) is 6. The number of nitrogens with one attached hydrogen (secondary N) is 1. The molecule has 0 spiro atoms. The van der Waals surface area contributed by atoms with Crippen LogP contribution in [0.15, 0.2) is 84.4 Å². The Morgan fingerprint density at radius 3 is 2.19 bits per heavy atom. The van der Waals surface area contributed by atoms with Crippen LogP contribution in [0.25, 0.3) is 6.08 Å². The number of para-hydroxylation sites is 1. The standard InChI is InChI=1S/C29H29N3O5/c1-3-36-27(33)19-32(24-7-5-4-6-8-24)28(34)20(2)17-21-9-13-23(14-10-21)29(35)37-25-15-11-22(12-16-25)18-26(30)31/h4-17H,3,18-19H2,1-2H3,(H3,30,31)/b20-17+. The van der Waals surface area contributed by atoms with Crippen molar-refractivity contribution in [3.05, 3.63) is 101 Å². The van der Waals surface area contributed by atoms with Gasteiger partial charge in [-0.2, -0.15) is 0 Å². The van der Waals surface area contributed by atoms with Gasteiger partial charge in [0, 0.05) is 17.7 Å². The van der Waals surface area contributed by atoms with Crippen molar-refractivity contribution >= 4 is 35.4 Å². The second-order valence-electron chi connectivity index (χ2n) is 8.22. The van der Waals surface area contributed by atoms with Crippen LogP contribution in [0.2, 0.25) is 0 Å². The van der Waals surface area contributed by atoms with Crippen molar-refractivity contribution in [2.24, 2.45) is 5.73 Å². The van der Waals surface area contributed by atoms with E-state index in [0.29, 0.717) is 34.6 Å². The number of esters is 2. The first kappa shape index (κ1) is 26.9. The van der Waals surface area contributed by atoms with Crippen LogP contribution < -0.4 is 15.4 Å². The highest BCUT2D eigenvalue weighted by Gasteiger charge is 2.21. The average Bonchev–Trinajstić information content (AvgIpc) is 2.89. The number of anilines is 1. The topological polar surface area (TPSA) is 123 Å². The smallest absolute Gasteiger partial charge is 0.343 e. The molecular weight excluding hydrogens is 470 g/mol. The minimum atomic E-state index is -0.521. The van der Waals surface area contributed by atoms with Crippen LogP contribution in [-0.4, -0.2) is 36.8 Å². The van der Waals surface area contributed by atoms with Crippen molar-refractivity contribution in [2.75, 3.05) is 18.1 Å². The average molecular weight is 500 g/mol. The van der Waals surface area contributed by atoms with Gasteiger partial charge in [0.05, 0.1) is 18.0 Å². The number of ether oxygens (including phenoxy) is 2. The van der Waals surface area contributed by atoms with E-state index < -0.39 is 11.9 Å². The first-order chi connectivity index (χ1) is 17.8. The molecule has 8 nitrogen and oxygen atoms in total. The molecule has 0 fully saturated rings. The zero-order chi connectivity index (χ0) is 26.8. The molecule has 1 amide bonds. The van der Waals surface area contributed by atoms with Crippen molar-refractivity contribution in [1.82, 2.24) is 0 Å². The largest absolute Gasteiger partial charge is 0.465 e. The lowest BCUT2D eigenvalue weighted by molar-refractivity contribution is -0.142. The van der Waals surface area contributed by atoms with Gasteiger partial charge in [-0.05, 0) is 67.4 Å². The van der Waals surface area contributed by atoms with Crippen LogP contribution in [0, 0.1) is 5.41 Å². The molecule has 0 radical (unpaired) electrons. The van der Waals surface area contributed by atoms with Crippen molar-refractivity contribution in [3.63, 3.8) is 0 Å². The first-order valence-electron chi connectivity index (χ1n) is 11.7. The number of carbonyl (C=O) groups excluding carboxylic acids is 3. The molecule has 3 rings (SSSR count). The second-order valence-corrected chi connectivity index (χ2v) is 8.22. The van der Waals surface area contributed by atoms with Crippen LogP contribution >= 0.6 is 0 Å². The molecule has 0 atom stereocenters. The molecule has 3 aromatic rings. The summed E-state index contributed by atoms with van der Waals surface area (Å²) < 4.78 is 10.4. The van der Waals surface area contributed by atoms with Gasteiger partial charge in [0.1, 0.15) is 12.3 Å². The molecule has 0 bridgehead atoms. The van der Waals surface area contributed by atoms with E-state index in [2.05, 4.69) is 0 Å². The molecule has 0 heterocycles. The second kappa shape index (κ2) is 12.8. The van der Waals surface area contributed by atoms with Crippen LogP contribution in [0.1, 0.15) is 35.3 Å². The maximum Gasteiger partial charge on any atom is 0.343 e. The molecule has 0 unspecified atom stereocenters. The molecular formula is C29H29N3O5. The molecule has 3 N–H and O–H groups in total. The Kier molecular flexibility index (Phi) is 9.32. The molecule has 0 saturated heterocycles. The van der Waals surface area contributed by atoms with Crippen LogP contribution in [0.5, 0.6) is 5.75 Å². The van der Waals surface area contributed by atoms with Crippen LogP contribution in [-0.2, 0) is 20.7 Å². The fraction of sp³-hybridized carbons (Fsp3) is 0.172. The molecule has 0 aliphatic rings. The summed E-state index contributed by atoms with van der Waals surface area (Å²) >= 11 is 0. The number of amidine groups is 1. The van der Waals surface area contributed by atoms with Crippen molar-refractivity contribution < 1.29 is 23.9 Å². The number of rotatable bonds is 10. The van der Waals surface area contributed by atoms with Gasteiger partial charge in [0.15, 0.2) is 0 Å². The van der Waals surface area contributed by atoms with E-state index in [1.165, 1.54) is 4.90 Å². The van der Waals surface area contributed by atoms with Gasteiger partial charge in [0.2, 0.25) is 0 Å². The maximum atomic E-state index is 13.2. The third-order valence-electron chi connectivity index (χ3n) is 5.30. The first-order valence-corrected chi connectivity index (χ1v) is 11.7. The summed E-state index contributed by atoms with van der Waals surface area (Å²) in [5.41, 5.74) is 8.31. The summed E-state index contributed by atoms with van der Waals surface area (Å²) in [4.78, 5) is 39.2. The minimum absolute atomic E-state index is 0.0580. The third-order valence-corrected chi connectivity index (χ3v) is 5.30. The normalized spacial score (nSPS) is 10.9. The Labute approximate surface area is 215 Å². The molecule has 8 heteroatoms. The van der Waals surface area contributed by atoms with Gasteiger partial charge in [-0.3, -0.25) is 19.9 Å². The quantitative estimate of drug-likeness (QED) is 0.140. The van der Waals surface area contributed by atoms with Gasteiger partial charge in [0.25, 0.3) is 5.91 Å². The molecule has 190 valence electrons. The number of nitrogens with two attached hydrogens (primary N) is 1. The lowest BCUT2D eigenvalue weighted by Crippen LogP contribution is -2.37. The van der Waals surface area contributed by atoms with Gasteiger partial charge in [-0.15, -0.1) is 0 Å². The Hall–Kier alpha value is -4.72. The number of carbonyl (C=O) groups is 3. The number of amides is 1. The zero-order valence-corrected chi connectivity index (χ0v) is 20.8. The predicted molar refractivity (Wildman–Crippen MR) is 143 cm³/mol. The van der Waals surface area contributed by atoms with E-state index in [0.717, 1.165) is 5.56 Å². The van der Waals surface area contributed by atoms with Crippen molar-refractivity contribution in [2.45, 2.75) is 20.3 Å². The summed E-state index contributed by atoms with van der Waals surface area (Å²) in [6.07, 6.45) is 2.02. The van der Waals surface area contributed by atoms with Gasteiger partial charge in [-0.25, -0.2) is 4.79 Å². The summed E-state index contributed by atoms with van der Waals surface area (Å²) in [5.74, 6) is -0.917. The van der Waals surface area contributed by atoms with E-state index in [4.69, 9.17) is 20.6 Å². The summed E-state index contributed by atoms with van der Waals surface area (Å²) in [7, 11) is 0. The highest BCUT2D eigenvalue weighted by Crippen LogP contribution is 2.19. The fourth-order valence-electron chi connectivity index (χ4n) is 3.53. The molecule has 0 aliphatic carbocycles. The number of nitrogens with zero attached hydrogens (tertiary/aromatic N) is 1. The summed E-state index contributed by atoms with van der Waals surface area (Å²) in [6, 6.07) is 22.4. The Bertz CT molecular complexity index is 1280. The lowest BCUT2D eigenvalue weighted by atomic mass is 10.1. The number of benzene rings is 3. The van der Waals surface area contributed by atoms with Crippen molar-refractivity contribution in [1.29, 1.82) is 5.41 Å². The summed E-state index contributed by atoms with van der Waals surface area (Å²) in [6.45, 7) is 3.40. The van der Waals surface area contributed by atoms with Crippen LogP contribution in [0.4, 0.5) is 5.69 Å². The molecule has 0 saturated carbocycles. The fourth-order valence-corrected chi connectivity index (χ4v) is 3.53. The minimum Gasteiger partial charge on any atom is -0.465 e. The highest BCUT2D eigenvalue weighted by atomic mass is 16.5. The molecule has 0 aromatic heterocycles. The predicted octanol–water partition coefficient (Wildman–Crippen LogP) is 4.38. The summed E-state index contributed by atoms with van der Waals surface area (Å²) in [5, 5.41) is 7.35. The Morgan fingerprint density at radius 2 is 1.59 bits per heavy atom. The monoisotopic (exact) mass is 499 g/mol. The highest BCUT2D eigenvalue weighted by molar-refractivity contribution is 6.10. The maximum absolute atomic E-state index is 13.2. The van der Waals surface area contributed by atoms with E-state index in [-0.39, 0.29) is 24.9 Å². The molecule has 37 heavy (non-hydrogen) atoms. The van der Waals surface area contributed by atoms with E-state index >= 15 is 0 Å². The lowest BCUT2D eigenvalue weighted by Gasteiger charge is -2.22. The van der Waals surface area contributed by atoms with Crippen LogP contribution in [0.3, 0.4) is 0 Å². The van der Waals surface area contributed by atoms with E-state index in [1.807, 2.05) is 6.07 Å². The Balaban J connectivity index is 1.70. The van der Waals surface area contributed by atoms with Crippen molar-refractivity contribution in [3.8, 4) is 5.75 Å². The third kappa shape index (κ3) is 7.90. The molecule has 0 aliphatic heterocycles. The Morgan fingerprint density at radius 1 is 0.946 bits per heavy atom. The van der Waals surface area contributed by atoms with E-state index in [9.17, 15) is 14.4 Å². The SMILES string of the molecule is CCOC(=O)CN(C(=O)/C(C)=C/c1ccc(C(=O)Oc2ccc(CC(=N)N)cc2)cc1)c1ccccc1. The molecule has 3 aromatic carbocycles. The van der Waals surface area contributed by atoms with E-state index in [1.54, 1.807) is 92.7 Å². The zero-order valence-electron chi connectivity index (χ0n) is 20.8. The van der Waals surface area contributed by atoms with Gasteiger partial charge < -0.3 is 15.2 Å². The van der Waals surface area contributed by atoms with Gasteiger partial charge >= 0.3 is 11.9 Å².